The maximum atomic E-state index is 13.4. The first kappa shape index (κ1) is 17.8. The van der Waals surface area contributed by atoms with Gasteiger partial charge in [-0.15, -0.1) is 0 Å². The van der Waals surface area contributed by atoms with E-state index in [2.05, 4.69) is 10.1 Å². The second-order valence-corrected chi connectivity index (χ2v) is 6.05. The van der Waals surface area contributed by atoms with E-state index < -0.39 is 23.3 Å². The highest BCUT2D eigenvalue weighted by molar-refractivity contribution is 5.94. The van der Waals surface area contributed by atoms with Crippen molar-refractivity contribution in [3.63, 3.8) is 0 Å². The van der Waals surface area contributed by atoms with Crippen LogP contribution >= 0.6 is 0 Å². The normalized spacial score (nSPS) is 17.8. The molecule has 0 amide bonds. The van der Waals surface area contributed by atoms with Crippen LogP contribution in [0.1, 0.15) is 35.7 Å². The van der Waals surface area contributed by atoms with Crippen molar-refractivity contribution in [3.05, 3.63) is 53.8 Å². The smallest absolute Gasteiger partial charge is 0.417 e. The minimum atomic E-state index is -4.77. The molecule has 0 aliphatic heterocycles. The molecule has 1 aromatic heterocycles. The zero-order chi connectivity index (χ0) is 18.9. The van der Waals surface area contributed by atoms with Gasteiger partial charge in [0.25, 0.3) is 0 Å². The fourth-order valence-electron chi connectivity index (χ4n) is 2.73. The lowest BCUT2D eigenvalue weighted by atomic mass is 9.94. The number of benzene rings is 1. The molecule has 1 aliphatic carbocycles. The van der Waals surface area contributed by atoms with E-state index in [-0.39, 0.29) is 23.1 Å². The Morgan fingerprint density at radius 2 is 2.08 bits per heavy atom. The Balaban J connectivity index is 1.93. The van der Waals surface area contributed by atoms with Crippen LogP contribution in [-0.4, -0.2) is 26.5 Å². The molecule has 26 heavy (non-hydrogen) atoms. The highest BCUT2D eigenvalue weighted by Crippen LogP contribution is 2.34. The largest absolute Gasteiger partial charge is 0.427 e. The van der Waals surface area contributed by atoms with Crippen LogP contribution in [0.5, 0.6) is 0 Å². The first-order chi connectivity index (χ1) is 12.2. The molecule has 1 unspecified atom stereocenters. The van der Waals surface area contributed by atoms with Gasteiger partial charge in [-0.25, -0.2) is 14.5 Å². The van der Waals surface area contributed by atoms with E-state index in [1.165, 1.54) is 18.7 Å². The number of ketones is 1. The number of hydrogen-bond acceptors (Lipinski definition) is 5. The van der Waals surface area contributed by atoms with Gasteiger partial charge in [0.1, 0.15) is 18.4 Å². The number of ether oxygens (including phenoxy) is 1. The van der Waals surface area contributed by atoms with Crippen LogP contribution in [0.3, 0.4) is 0 Å². The molecule has 0 radical (unpaired) electrons. The van der Waals surface area contributed by atoms with Gasteiger partial charge in [-0.1, -0.05) is 6.92 Å². The molecule has 136 valence electrons. The summed E-state index contributed by atoms with van der Waals surface area (Å²) < 4.78 is 46.4. The summed E-state index contributed by atoms with van der Waals surface area (Å²) in [6.45, 7) is 1.80. The molecule has 0 saturated heterocycles. The number of halogens is 3. The third-order valence-corrected chi connectivity index (χ3v) is 3.86. The number of carbonyl (C=O) groups is 2. The summed E-state index contributed by atoms with van der Waals surface area (Å²) in [5.74, 6) is -1.33. The van der Waals surface area contributed by atoms with Crippen molar-refractivity contribution in [1.29, 1.82) is 0 Å². The van der Waals surface area contributed by atoms with E-state index in [0.717, 1.165) is 22.9 Å². The molecule has 1 atom stereocenters. The molecule has 0 spiro atoms. The van der Waals surface area contributed by atoms with Crippen molar-refractivity contribution in [3.8, 4) is 5.69 Å². The Hall–Kier alpha value is -2.97. The van der Waals surface area contributed by atoms with Gasteiger partial charge >= 0.3 is 12.1 Å². The number of esters is 1. The molecule has 9 heteroatoms. The molecule has 6 nitrogen and oxygen atoms in total. The van der Waals surface area contributed by atoms with E-state index in [4.69, 9.17) is 4.74 Å². The van der Waals surface area contributed by atoms with E-state index in [1.807, 2.05) is 0 Å². The maximum Gasteiger partial charge on any atom is 0.417 e. The molecule has 0 saturated carbocycles. The summed E-state index contributed by atoms with van der Waals surface area (Å²) in [5, 5.41) is 3.77. The minimum Gasteiger partial charge on any atom is -0.427 e. The number of allylic oxidation sites excluding steroid dienone is 2. The standard InChI is InChI=1S/C17H14F3N3O3/c1-10-4-12(24)7-13(5-10)26-16(25)14-3-2-11(23-9-21-8-22-23)6-15(14)17(18,19)20/h2-3,6-10H,4-5H2,1H3. The van der Waals surface area contributed by atoms with Gasteiger partial charge in [0.2, 0.25) is 0 Å². The third kappa shape index (κ3) is 3.81. The monoisotopic (exact) mass is 365 g/mol. The van der Waals surface area contributed by atoms with Crippen LogP contribution in [-0.2, 0) is 15.7 Å². The number of aromatic nitrogens is 3. The van der Waals surface area contributed by atoms with Crippen molar-refractivity contribution < 1.29 is 27.5 Å². The van der Waals surface area contributed by atoms with Gasteiger partial charge in [-0.2, -0.15) is 18.3 Å². The number of rotatable bonds is 3. The van der Waals surface area contributed by atoms with Crippen LogP contribution in [0.4, 0.5) is 13.2 Å². The third-order valence-electron chi connectivity index (χ3n) is 3.86. The molecule has 1 aliphatic rings. The Morgan fingerprint density at radius 1 is 1.31 bits per heavy atom. The van der Waals surface area contributed by atoms with Gasteiger partial charge in [0, 0.05) is 18.9 Å². The number of hydrogen-bond donors (Lipinski definition) is 0. The molecule has 3 rings (SSSR count). The zero-order valence-corrected chi connectivity index (χ0v) is 13.7. The Labute approximate surface area is 146 Å². The molecule has 0 N–H and O–H groups in total. The Bertz CT molecular complexity index is 873. The van der Waals surface area contributed by atoms with Gasteiger partial charge < -0.3 is 4.74 Å². The van der Waals surface area contributed by atoms with Crippen molar-refractivity contribution in [2.75, 3.05) is 0 Å². The van der Waals surface area contributed by atoms with E-state index in [9.17, 15) is 22.8 Å². The fourth-order valence-corrected chi connectivity index (χ4v) is 2.73. The molecular formula is C17H14F3N3O3. The van der Waals surface area contributed by atoms with Crippen LogP contribution in [0.25, 0.3) is 5.69 Å². The van der Waals surface area contributed by atoms with E-state index in [1.54, 1.807) is 6.92 Å². The van der Waals surface area contributed by atoms with Crippen molar-refractivity contribution >= 4 is 11.8 Å². The quantitative estimate of drug-likeness (QED) is 0.780. The summed E-state index contributed by atoms with van der Waals surface area (Å²) in [5.41, 5.74) is -1.67. The molecule has 1 aromatic carbocycles. The SMILES string of the molecule is CC1CC(=O)C=C(OC(=O)c2ccc(-n3cncn3)cc2C(F)(F)F)C1. The first-order valence-electron chi connectivity index (χ1n) is 7.76. The summed E-state index contributed by atoms with van der Waals surface area (Å²) >= 11 is 0. The fraction of sp³-hybridized carbons (Fsp3) is 0.294. The lowest BCUT2D eigenvalue weighted by Crippen LogP contribution is -2.19. The average molecular weight is 365 g/mol. The number of carbonyl (C=O) groups excluding carboxylic acids is 2. The molecule has 0 fully saturated rings. The van der Waals surface area contributed by atoms with Gasteiger partial charge in [-0.05, 0) is 24.1 Å². The zero-order valence-electron chi connectivity index (χ0n) is 13.7. The predicted octanol–water partition coefficient (Wildman–Crippen LogP) is 3.33. The Kier molecular flexibility index (Phi) is 4.62. The highest BCUT2D eigenvalue weighted by Gasteiger charge is 2.36. The average Bonchev–Trinajstić information content (AvgIpc) is 3.06. The summed E-state index contributed by atoms with van der Waals surface area (Å²) in [7, 11) is 0. The second kappa shape index (κ2) is 6.74. The number of nitrogens with zero attached hydrogens (tertiary/aromatic N) is 3. The van der Waals surface area contributed by atoms with Gasteiger partial charge in [0.05, 0.1) is 16.8 Å². The topological polar surface area (TPSA) is 74.1 Å². The highest BCUT2D eigenvalue weighted by atomic mass is 19.4. The van der Waals surface area contributed by atoms with Crippen LogP contribution < -0.4 is 0 Å². The summed E-state index contributed by atoms with van der Waals surface area (Å²) in [6, 6.07) is 3.13. The predicted molar refractivity (Wildman–Crippen MR) is 83.3 cm³/mol. The van der Waals surface area contributed by atoms with Crippen LogP contribution in [0, 0.1) is 5.92 Å². The molecule has 2 aromatic rings. The van der Waals surface area contributed by atoms with Crippen molar-refractivity contribution in [1.82, 2.24) is 14.8 Å². The van der Waals surface area contributed by atoms with E-state index in [0.29, 0.717) is 12.8 Å². The Morgan fingerprint density at radius 3 is 2.69 bits per heavy atom. The lowest BCUT2D eigenvalue weighted by Gasteiger charge is -2.19. The minimum absolute atomic E-state index is 0.0351. The summed E-state index contributed by atoms with van der Waals surface area (Å²) in [4.78, 5) is 27.5. The van der Waals surface area contributed by atoms with Crippen LogP contribution in [0.15, 0.2) is 42.7 Å². The molecular weight excluding hydrogens is 351 g/mol. The maximum absolute atomic E-state index is 13.4. The molecule has 1 heterocycles. The first-order valence-corrected chi connectivity index (χ1v) is 7.76. The van der Waals surface area contributed by atoms with Gasteiger partial charge in [0.15, 0.2) is 5.78 Å². The van der Waals surface area contributed by atoms with Crippen molar-refractivity contribution in [2.24, 2.45) is 5.92 Å². The van der Waals surface area contributed by atoms with E-state index >= 15 is 0 Å². The molecule has 0 bridgehead atoms. The summed E-state index contributed by atoms with van der Waals surface area (Å²) in [6.07, 6.45) is -0.544. The van der Waals surface area contributed by atoms with Gasteiger partial charge in [-0.3, -0.25) is 4.79 Å². The lowest BCUT2D eigenvalue weighted by molar-refractivity contribution is -0.138. The van der Waals surface area contributed by atoms with Crippen LogP contribution in [0.2, 0.25) is 0 Å². The van der Waals surface area contributed by atoms with Crippen molar-refractivity contribution in [2.45, 2.75) is 25.9 Å². The number of alkyl halides is 3. The second-order valence-electron chi connectivity index (χ2n) is 6.05.